The number of rotatable bonds is 11. The number of aromatic nitrogens is 2. The Morgan fingerprint density at radius 2 is 1.32 bits per heavy atom. The van der Waals surface area contributed by atoms with Crippen molar-refractivity contribution in [2.24, 2.45) is 5.92 Å². The molecule has 0 bridgehead atoms. The lowest BCUT2D eigenvalue weighted by Crippen LogP contribution is -2.45. The zero-order valence-electron chi connectivity index (χ0n) is 22.4. The van der Waals surface area contributed by atoms with Gasteiger partial charge in [0, 0.05) is 46.2 Å². The third kappa shape index (κ3) is 5.59. The average molecular weight is 511 g/mol. The number of hydrogen-bond acceptors (Lipinski definition) is 5. The molecule has 6 nitrogen and oxygen atoms in total. The molecule has 1 aliphatic heterocycles. The molecule has 5 rings (SSSR count). The summed E-state index contributed by atoms with van der Waals surface area (Å²) in [6.45, 7) is 3.54. The van der Waals surface area contributed by atoms with Crippen molar-refractivity contribution in [2.45, 2.75) is 37.9 Å². The lowest BCUT2D eigenvalue weighted by molar-refractivity contribution is -0.202. The van der Waals surface area contributed by atoms with Crippen LogP contribution in [0.2, 0.25) is 0 Å². The van der Waals surface area contributed by atoms with Crippen LogP contribution < -0.4 is 5.32 Å². The van der Waals surface area contributed by atoms with Crippen LogP contribution in [0.1, 0.15) is 35.4 Å². The van der Waals surface area contributed by atoms with E-state index in [0.717, 1.165) is 38.3 Å². The number of ether oxygens (including phenoxy) is 2. The number of likely N-dealkylation sites (tertiary alicyclic amines) is 1. The van der Waals surface area contributed by atoms with Gasteiger partial charge in [-0.05, 0) is 35.4 Å². The molecule has 0 aliphatic carbocycles. The molecule has 1 fully saturated rings. The van der Waals surface area contributed by atoms with Crippen molar-refractivity contribution in [1.29, 1.82) is 0 Å². The average Bonchev–Trinajstić information content (AvgIpc) is 3.43. The molecule has 1 aliphatic rings. The molecule has 2 heterocycles. The van der Waals surface area contributed by atoms with Gasteiger partial charge in [-0.15, -0.1) is 0 Å². The maximum Gasteiger partial charge on any atom is 0.218 e. The Kier molecular flexibility index (Phi) is 8.66. The molecule has 0 radical (unpaired) electrons. The highest BCUT2D eigenvalue weighted by molar-refractivity contribution is 5.49. The van der Waals surface area contributed by atoms with Gasteiger partial charge < -0.3 is 14.0 Å². The number of nitrogens with zero attached hydrogens (tertiary/aromatic N) is 3. The lowest BCUT2D eigenvalue weighted by atomic mass is 9.77. The summed E-state index contributed by atoms with van der Waals surface area (Å²) in [4.78, 5) is 7.05. The van der Waals surface area contributed by atoms with Gasteiger partial charge in [-0.3, -0.25) is 10.2 Å². The molecule has 0 atom stereocenters. The number of nitrogens with one attached hydrogen (secondary N) is 1. The van der Waals surface area contributed by atoms with E-state index in [0.29, 0.717) is 12.5 Å². The smallest absolute Gasteiger partial charge is 0.218 e. The van der Waals surface area contributed by atoms with Crippen molar-refractivity contribution in [3.05, 3.63) is 126 Å². The maximum atomic E-state index is 5.45. The first-order chi connectivity index (χ1) is 18.7. The molecule has 0 unspecified atom stereocenters. The van der Waals surface area contributed by atoms with Crippen LogP contribution in [0.15, 0.2) is 103 Å². The van der Waals surface area contributed by atoms with Crippen LogP contribution in [0.4, 0.5) is 0 Å². The number of piperidine rings is 1. The Hall–Kier alpha value is -3.29. The monoisotopic (exact) mass is 510 g/mol. The Bertz CT molecular complexity index is 1140. The highest BCUT2D eigenvalue weighted by Crippen LogP contribution is 2.37. The van der Waals surface area contributed by atoms with E-state index in [4.69, 9.17) is 14.5 Å². The fourth-order valence-corrected chi connectivity index (χ4v) is 5.77. The van der Waals surface area contributed by atoms with Crippen LogP contribution in [0.25, 0.3) is 0 Å². The molecule has 0 amide bonds. The summed E-state index contributed by atoms with van der Waals surface area (Å²) in [5.74, 6) is 1.64. The molecular weight excluding hydrogens is 472 g/mol. The molecule has 4 aromatic rings. The molecule has 3 aromatic carbocycles. The first kappa shape index (κ1) is 26.3. The van der Waals surface area contributed by atoms with Crippen LogP contribution in [0.3, 0.4) is 0 Å². The third-order valence-corrected chi connectivity index (χ3v) is 7.74. The zero-order valence-corrected chi connectivity index (χ0v) is 22.4. The first-order valence-electron chi connectivity index (χ1n) is 13.5. The molecule has 1 saturated heterocycles. The van der Waals surface area contributed by atoms with Crippen LogP contribution in [-0.2, 0) is 28.1 Å². The van der Waals surface area contributed by atoms with E-state index in [2.05, 4.69) is 112 Å². The summed E-state index contributed by atoms with van der Waals surface area (Å²) >= 11 is 0. The van der Waals surface area contributed by atoms with Crippen molar-refractivity contribution >= 4 is 0 Å². The van der Waals surface area contributed by atoms with Gasteiger partial charge in [0.1, 0.15) is 5.82 Å². The summed E-state index contributed by atoms with van der Waals surface area (Å²) in [7, 11) is 3.40. The fourth-order valence-electron chi connectivity index (χ4n) is 5.77. The van der Waals surface area contributed by atoms with Crippen molar-refractivity contribution in [3.63, 3.8) is 0 Å². The van der Waals surface area contributed by atoms with Crippen molar-refractivity contribution in [1.82, 2.24) is 19.8 Å². The van der Waals surface area contributed by atoms with E-state index in [1.807, 2.05) is 6.20 Å². The minimum Gasteiger partial charge on any atom is -0.343 e. The lowest BCUT2D eigenvalue weighted by Gasteiger charge is -2.37. The van der Waals surface area contributed by atoms with Crippen LogP contribution >= 0.6 is 0 Å². The summed E-state index contributed by atoms with van der Waals surface area (Å²) < 4.78 is 13.2. The highest BCUT2D eigenvalue weighted by Gasteiger charge is 2.36. The Balaban J connectivity index is 1.39. The van der Waals surface area contributed by atoms with Crippen LogP contribution in [0.5, 0.6) is 0 Å². The summed E-state index contributed by atoms with van der Waals surface area (Å²) in [6.07, 6.45) is 6.00. The molecule has 0 saturated carbocycles. The Morgan fingerprint density at radius 1 is 0.816 bits per heavy atom. The standard InChI is InChI=1S/C32H38N4O2/c1-37-31(38-2)35-21-18-26(19-22-35)25-36-23-20-33-30(36)24-34-32(27-12-6-3-7-13-27,28-14-8-4-9-15-28)29-16-10-5-11-17-29/h3-17,20,23,26,31,34H,18-19,21-22,24-25H2,1-2H3. The Morgan fingerprint density at radius 3 is 1.79 bits per heavy atom. The number of hydrogen-bond donors (Lipinski definition) is 1. The molecule has 38 heavy (non-hydrogen) atoms. The van der Waals surface area contributed by atoms with E-state index >= 15 is 0 Å². The minimum absolute atomic E-state index is 0.258. The summed E-state index contributed by atoms with van der Waals surface area (Å²) in [6, 6.07) is 32.2. The van der Waals surface area contributed by atoms with Gasteiger partial charge >= 0.3 is 0 Å². The zero-order chi connectivity index (χ0) is 26.2. The first-order valence-corrected chi connectivity index (χ1v) is 13.5. The van der Waals surface area contributed by atoms with Crippen LogP contribution in [-0.4, -0.2) is 48.2 Å². The highest BCUT2D eigenvalue weighted by atomic mass is 16.7. The number of methoxy groups -OCH3 is 2. The Labute approximate surface area is 226 Å². The predicted molar refractivity (Wildman–Crippen MR) is 150 cm³/mol. The van der Waals surface area contributed by atoms with E-state index in [9.17, 15) is 0 Å². The normalized spacial score (nSPS) is 15.2. The molecule has 6 heteroatoms. The van der Waals surface area contributed by atoms with Gasteiger partial charge in [0.15, 0.2) is 0 Å². The third-order valence-electron chi connectivity index (χ3n) is 7.74. The minimum atomic E-state index is -0.513. The molecule has 1 aromatic heterocycles. The van der Waals surface area contributed by atoms with Crippen molar-refractivity contribution in [2.75, 3.05) is 27.3 Å². The molecular formula is C32H38N4O2. The second-order valence-corrected chi connectivity index (χ2v) is 9.96. The van der Waals surface area contributed by atoms with E-state index in [1.165, 1.54) is 16.7 Å². The van der Waals surface area contributed by atoms with Gasteiger partial charge in [0.25, 0.3) is 0 Å². The summed E-state index contributed by atoms with van der Waals surface area (Å²) in [5, 5.41) is 3.97. The topological polar surface area (TPSA) is 51.6 Å². The quantitative estimate of drug-likeness (QED) is 0.221. The van der Waals surface area contributed by atoms with Gasteiger partial charge in [0.2, 0.25) is 6.41 Å². The van der Waals surface area contributed by atoms with Gasteiger partial charge in [-0.1, -0.05) is 91.0 Å². The van der Waals surface area contributed by atoms with E-state index in [1.54, 1.807) is 14.2 Å². The van der Waals surface area contributed by atoms with E-state index in [-0.39, 0.29) is 6.41 Å². The molecule has 198 valence electrons. The van der Waals surface area contributed by atoms with Gasteiger partial charge in [-0.2, -0.15) is 0 Å². The number of imidazole rings is 1. The van der Waals surface area contributed by atoms with Gasteiger partial charge in [-0.25, -0.2) is 4.98 Å². The van der Waals surface area contributed by atoms with Crippen molar-refractivity contribution < 1.29 is 9.47 Å². The SMILES string of the molecule is COC(OC)N1CCC(Cn2ccnc2CNC(c2ccccc2)(c2ccccc2)c2ccccc2)CC1. The number of benzene rings is 3. The van der Waals surface area contributed by atoms with Crippen LogP contribution in [0, 0.1) is 5.92 Å². The maximum absolute atomic E-state index is 5.45. The second-order valence-electron chi connectivity index (χ2n) is 9.96. The predicted octanol–water partition coefficient (Wildman–Crippen LogP) is 5.25. The van der Waals surface area contributed by atoms with Gasteiger partial charge in [0.05, 0.1) is 12.1 Å². The van der Waals surface area contributed by atoms with E-state index < -0.39 is 5.54 Å². The fraction of sp³-hybridized carbons (Fsp3) is 0.344. The van der Waals surface area contributed by atoms with Crippen molar-refractivity contribution in [3.8, 4) is 0 Å². The second kappa shape index (κ2) is 12.5. The molecule has 1 N–H and O–H groups in total. The summed E-state index contributed by atoms with van der Waals surface area (Å²) in [5.41, 5.74) is 3.09. The largest absolute Gasteiger partial charge is 0.343 e. The molecule has 0 spiro atoms.